The van der Waals surface area contributed by atoms with Crippen LogP contribution in [0.1, 0.15) is 49.7 Å². The number of rotatable bonds is 0. The molecule has 3 heteroatoms. The Morgan fingerprint density at radius 3 is 2.81 bits per heavy atom. The molecule has 4 rings (SSSR count). The van der Waals surface area contributed by atoms with Crippen molar-refractivity contribution >= 4 is 0 Å². The monoisotopic (exact) mass is 288 g/mol. The van der Waals surface area contributed by atoms with Crippen molar-refractivity contribution in [3.05, 3.63) is 29.3 Å². The Bertz CT molecular complexity index is 570. The van der Waals surface area contributed by atoms with Crippen LogP contribution < -0.4 is 0 Å². The van der Waals surface area contributed by atoms with Crippen LogP contribution in [0.15, 0.2) is 18.2 Å². The van der Waals surface area contributed by atoms with E-state index in [1.165, 1.54) is 11.1 Å². The zero-order valence-electron chi connectivity index (χ0n) is 12.5. The third kappa shape index (κ3) is 1.94. The van der Waals surface area contributed by atoms with Crippen molar-refractivity contribution in [3.8, 4) is 5.75 Å². The van der Waals surface area contributed by atoms with E-state index in [1.807, 2.05) is 12.1 Å². The molecule has 0 unspecified atom stereocenters. The average Bonchev–Trinajstić information content (AvgIpc) is 2.72. The van der Waals surface area contributed by atoms with Crippen molar-refractivity contribution in [2.24, 2.45) is 17.3 Å². The number of benzene rings is 1. The number of aliphatic hydroxyl groups excluding tert-OH is 2. The molecule has 3 aliphatic rings. The summed E-state index contributed by atoms with van der Waals surface area (Å²) in [6.45, 7) is 2.25. The third-order valence-electron chi connectivity index (χ3n) is 6.42. The van der Waals surface area contributed by atoms with Gasteiger partial charge in [0.1, 0.15) is 5.75 Å². The molecule has 0 saturated heterocycles. The second kappa shape index (κ2) is 4.47. The summed E-state index contributed by atoms with van der Waals surface area (Å²) in [6.07, 6.45) is 4.01. The van der Waals surface area contributed by atoms with Gasteiger partial charge in [0.2, 0.25) is 0 Å². The molecular weight excluding hydrogens is 264 g/mol. The second-order valence-electron chi connectivity index (χ2n) is 7.74. The molecule has 2 fully saturated rings. The van der Waals surface area contributed by atoms with E-state index in [0.29, 0.717) is 17.6 Å². The van der Waals surface area contributed by atoms with E-state index in [1.54, 1.807) is 6.07 Å². The van der Waals surface area contributed by atoms with Crippen LogP contribution in [-0.4, -0.2) is 27.5 Å². The van der Waals surface area contributed by atoms with Crippen molar-refractivity contribution in [2.75, 3.05) is 0 Å². The quantitative estimate of drug-likeness (QED) is 0.687. The van der Waals surface area contributed by atoms with E-state index in [2.05, 4.69) is 6.92 Å². The summed E-state index contributed by atoms with van der Waals surface area (Å²) >= 11 is 0. The maximum absolute atomic E-state index is 10.8. The molecule has 0 aromatic heterocycles. The fraction of sp³-hybridized carbons (Fsp3) is 0.667. The Morgan fingerprint density at radius 2 is 2.00 bits per heavy atom. The van der Waals surface area contributed by atoms with Crippen molar-refractivity contribution in [1.82, 2.24) is 0 Å². The topological polar surface area (TPSA) is 60.7 Å². The summed E-state index contributed by atoms with van der Waals surface area (Å²) in [4.78, 5) is 0. The van der Waals surface area contributed by atoms with Gasteiger partial charge in [-0.25, -0.2) is 0 Å². The molecule has 0 amide bonds. The highest BCUT2D eigenvalue weighted by Crippen LogP contribution is 2.60. The minimum absolute atomic E-state index is 0.0917. The van der Waals surface area contributed by atoms with E-state index >= 15 is 0 Å². The summed E-state index contributed by atoms with van der Waals surface area (Å²) in [5.41, 5.74) is 2.51. The van der Waals surface area contributed by atoms with Gasteiger partial charge in [0.25, 0.3) is 0 Å². The van der Waals surface area contributed by atoms with Gasteiger partial charge in [-0.15, -0.1) is 0 Å². The van der Waals surface area contributed by atoms with Crippen LogP contribution in [0, 0.1) is 17.3 Å². The Kier molecular flexibility index (Phi) is 2.89. The van der Waals surface area contributed by atoms with Crippen LogP contribution in [0.3, 0.4) is 0 Å². The average molecular weight is 288 g/mol. The Labute approximate surface area is 125 Å². The SMILES string of the molecule is C[C@@]12C[C@@H](O)C[C@H]1[C@@H]1CCc3cc(O)ccc3[C@H]1[C@@H](O)C2. The predicted octanol–water partition coefficient (Wildman–Crippen LogP) is 2.58. The highest BCUT2D eigenvalue weighted by atomic mass is 16.3. The molecule has 1 aromatic rings. The van der Waals surface area contributed by atoms with Gasteiger partial charge >= 0.3 is 0 Å². The first-order valence-electron chi connectivity index (χ1n) is 8.16. The molecule has 114 valence electrons. The number of phenols is 1. The maximum Gasteiger partial charge on any atom is 0.115 e. The second-order valence-corrected chi connectivity index (χ2v) is 7.74. The zero-order chi connectivity index (χ0) is 14.8. The molecule has 0 heterocycles. The summed E-state index contributed by atoms with van der Waals surface area (Å²) < 4.78 is 0. The first kappa shape index (κ1) is 13.6. The molecule has 0 radical (unpaired) electrons. The largest absolute Gasteiger partial charge is 0.508 e. The van der Waals surface area contributed by atoms with E-state index < -0.39 is 0 Å². The van der Waals surface area contributed by atoms with Crippen LogP contribution in [0.25, 0.3) is 0 Å². The number of aromatic hydroxyl groups is 1. The summed E-state index contributed by atoms with van der Waals surface area (Å²) in [5, 5.41) is 30.6. The molecule has 3 N–H and O–H groups in total. The Balaban J connectivity index is 1.75. The molecule has 0 spiro atoms. The van der Waals surface area contributed by atoms with E-state index in [0.717, 1.165) is 32.1 Å². The third-order valence-corrected chi connectivity index (χ3v) is 6.42. The molecule has 21 heavy (non-hydrogen) atoms. The van der Waals surface area contributed by atoms with Crippen molar-refractivity contribution in [3.63, 3.8) is 0 Å². The lowest BCUT2D eigenvalue weighted by Crippen LogP contribution is -2.46. The number of fused-ring (bicyclic) bond motifs is 5. The smallest absolute Gasteiger partial charge is 0.115 e. The van der Waals surface area contributed by atoms with Crippen molar-refractivity contribution in [2.45, 2.75) is 57.2 Å². The van der Waals surface area contributed by atoms with Crippen LogP contribution in [0.4, 0.5) is 0 Å². The molecule has 2 saturated carbocycles. The van der Waals surface area contributed by atoms with Gasteiger partial charge in [0.15, 0.2) is 0 Å². The molecular formula is C18H24O3. The summed E-state index contributed by atoms with van der Waals surface area (Å²) in [7, 11) is 0. The van der Waals surface area contributed by atoms with Gasteiger partial charge in [-0.1, -0.05) is 13.0 Å². The molecule has 0 aliphatic heterocycles. The first-order valence-corrected chi connectivity index (χ1v) is 8.16. The van der Waals surface area contributed by atoms with Gasteiger partial charge in [0, 0.05) is 5.92 Å². The fourth-order valence-electron chi connectivity index (χ4n) is 5.69. The molecule has 1 aromatic carbocycles. The summed E-state index contributed by atoms with van der Waals surface area (Å²) in [5.74, 6) is 1.48. The van der Waals surface area contributed by atoms with Crippen LogP contribution in [0.5, 0.6) is 5.75 Å². The Hall–Kier alpha value is -1.06. The van der Waals surface area contributed by atoms with Gasteiger partial charge in [-0.2, -0.15) is 0 Å². The summed E-state index contributed by atoms with van der Waals surface area (Å²) in [6, 6.07) is 5.60. The van der Waals surface area contributed by atoms with E-state index in [9.17, 15) is 15.3 Å². The molecule has 3 nitrogen and oxygen atoms in total. The highest BCUT2D eigenvalue weighted by Gasteiger charge is 2.55. The fourth-order valence-corrected chi connectivity index (χ4v) is 5.69. The van der Waals surface area contributed by atoms with Crippen LogP contribution >= 0.6 is 0 Å². The predicted molar refractivity (Wildman–Crippen MR) is 80.1 cm³/mol. The normalized spacial score (nSPS) is 44.8. The minimum atomic E-state index is -0.329. The maximum atomic E-state index is 10.8. The highest BCUT2D eigenvalue weighted by molar-refractivity contribution is 5.40. The number of aliphatic hydroxyl groups is 2. The standard InChI is InChI=1S/C18H24O3/c1-18-8-12(20)7-15(18)14-4-2-10-6-11(19)3-5-13(10)17(14)16(21)9-18/h3,5-6,12,14-17,19-21H,2,4,7-9H2,1H3/t12-,14-,15-,16-,17+,18-/m0/s1. The molecule has 6 atom stereocenters. The number of hydrogen-bond donors (Lipinski definition) is 3. The first-order chi connectivity index (χ1) is 9.98. The Morgan fingerprint density at radius 1 is 1.19 bits per heavy atom. The zero-order valence-corrected chi connectivity index (χ0v) is 12.5. The van der Waals surface area contributed by atoms with Crippen LogP contribution in [0.2, 0.25) is 0 Å². The number of aryl methyl sites for hydroxylation is 1. The van der Waals surface area contributed by atoms with Gasteiger partial charge < -0.3 is 15.3 Å². The minimum Gasteiger partial charge on any atom is -0.508 e. The van der Waals surface area contributed by atoms with Gasteiger partial charge in [-0.3, -0.25) is 0 Å². The van der Waals surface area contributed by atoms with Crippen LogP contribution in [-0.2, 0) is 6.42 Å². The molecule has 3 aliphatic carbocycles. The van der Waals surface area contributed by atoms with Crippen molar-refractivity contribution < 1.29 is 15.3 Å². The van der Waals surface area contributed by atoms with E-state index in [4.69, 9.17) is 0 Å². The van der Waals surface area contributed by atoms with Crippen molar-refractivity contribution in [1.29, 1.82) is 0 Å². The molecule has 0 bridgehead atoms. The van der Waals surface area contributed by atoms with Gasteiger partial charge in [-0.05, 0) is 72.6 Å². The number of phenolic OH excluding ortho intramolecular Hbond substituents is 1. The lowest BCUT2D eigenvalue weighted by Gasteiger charge is -2.51. The lowest BCUT2D eigenvalue weighted by molar-refractivity contribution is -0.0373. The lowest BCUT2D eigenvalue weighted by atomic mass is 9.55. The van der Waals surface area contributed by atoms with Gasteiger partial charge in [0.05, 0.1) is 12.2 Å². The van der Waals surface area contributed by atoms with E-state index in [-0.39, 0.29) is 23.5 Å². The number of hydrogen-bond acceptors (Lipinski definition) is 3.